The largest absolute Gasteiger partial charge is 0.206 e. The first kappa shape index (κ1) is 11.8. The molecule has 3 heteroatoms. The average molecular weight is 258 g/mol. The molecular weight excluding hydrogens is 249 g/mol. The van der Waals surface area contributed by atoms with Crippen LogP contribution in [0.4, 0.5) is 13.2 Å². The number of fused-ring (bicyclic) bond motifs is 1. The van der Waals surface area contributed by atoms with Crippen molar-refractivity contribution in [2.75, 3.05) is 0 Å². The van der Waals surface area contributed by atoms with Gasteiger partial charge >= 0.3 is 0 Å². The minimum absolute atomic E-state index is 0.322. The molecule has 0 aliphatic heterocycles. The number of hydrogen-bond acceptors (Lipinski definition) is 0. The van der Waals surface area contributed by atoms with Crippen LogP contribution in [-0.2, 0) is 0 Å². The second kappa shape index (κ2) is 4.43. The van der Waals surface area contributed by atoms with E-state index in [9.17, 15) is 13.2 Å². The highest BCUT2D eigenvalue weighted by Gasteiger charge is 2.17. The molecule has 0 heterocycles. The molecule has 94 valence electrons. The molecule has 0 saturated carbocycles. The third-order valence-corrected chi connectivity index (χ3v) is 3.10. The molecule has 0 nitrogen and oxygen atoms in total. The predicted molar refractivity (Wildman–Crippen MR) is 69.3 cm³/mol. The fourth-order valence-corrected chi connectivity index (χ4v) is 2.22. The van der Waals surface area contributed by atoms with E-state index in [1.54, 1.807) is 24.3 Å². The van der Waals surface area contributed by atoms with Gasteiger partial charge in [0, 0.05) is 0 Å². The molecule has 0 bridgehead atoms. The van der Waals surface area contributed by atoms with Crippen LogP contribution in [0.2, 0.25) is 0 Å². The molecule has 19 heavy (non-hydrogen) atoms. The van der Waals surface area contributed by atoms with Crippen molar-refractivity contribution in [3.05, 3.63) is 72.0 Å². The summed E-state index contributed by atoms with van der Waals surface area (Å²) in [5, 5.41) is 1.54. The molecule has 0 N–H and O–H groups in total. The molecule has 0 radical (unpaired) electrons. The summed E-state index contributed by atoms with van der Waals surface area (Å²) in [5.74, 6) is -2.98. The van der Waals surface area contributed by atoms with Gasteiger partial charge < -0.3 is 0 Å². The maximum Gasteiger partial charge on any atom is 0.169 e. The van der Waals surface area contributed by atoms with Crippen LogP contribution in [0.5, 0.6) is 0 Å². The second-order valence-corrected chi connectivity index (χ2v) is 4.24. The Morgan fingerprint density at radius 2 is 1.32 bits per heavy atom. The monoisotopic (exact) mass is 258 g/mol. The highest BCUT2D eigenvalue weighted by atomic mass is 19.2. The molecule has 3 rings (SSSR count). The Balaban J connectivity index is 2.40. The van der Waals surface area contributed by atoms with Crippen LogP contribution in [0.25, 0.3) is 21.9 Å². The molecule has 0 saturated heterocycles. The lowest BCUT2D eigenvalue weighted by atomic mass is 9.97. The van der Waals surface area contributed by atoms with Crippen molar-refractivity contribution < 1.29 is 13.2 Å². The molecule has 0 aliphatic carbocycles. The van der Waals surface area contributed by atoms with Crippen molar-refractivity contribution in [2.45, 2.75) is 0 Å². The minimum atomic E-state index is -1.16. The lowest BCUT2D eigenvalue weighted by Gasteiger charge is -2.09. The van der Waals surface area contributed by atoms with Crippen LogP contribution in [0.3, 0.4) is 0 Å². The molecule has 0 unspecified atom stereocenters. The van der Waals surface area contributed by atoms with Crippen molar-refractivity contribution in [3.8, 4) is 11.1 Å². The topological polar surface area (TPSA) is 0 Å². The SMILES string of the molecule is Fc1ccc(F)c(-c2cccc3ccccc23)c1F. The van der Waals surface area contributed by atoms with Crippen LogP contribution in [-0.4, -0.2) is 0 Å². The molecule has 0 aromatic heterocycles. The third-order valence-electron chi connectivity index (χ3n) is 3.10. The van der Waals surface area contributed by atoms with Gasteiger partial charge in [-0.1, -0.05) is 42.5 Å². The van der Waals surface area contributed by atoms with Gasteiger partial charge in [0.05, 0.1) is 5.56 Å². The maximum atomic E-state index is 13.9. The standard InChI is InChI=1S/C16H9F3/c17-13-8-9-14(18)16(19)15(13)12-7-3-5-10-4-1-2-6-11(10)12/h1-9H. The van der Waals surface area contributed by atoms with E-state index in [0.29, 0.717) is 10.9 Å². The van der Waals surface area contributed by atoms with E-state index >= 15 is 0 Å². The van der Waals surface area contributed by atoms with Crippen LogP contribution in [0.1, 0.15) is 0 Å². The fraction of sp³-hybridized carbons (Fsp3) is 0. The van der Waals surface area contributed by atoms with E-state index < -0.39 is 17.5 Å². The van der Waals surface area contributed by atoms with Crippen LogP contribution < -0.4 is 0 Å². The van der Waals surface area contributed by atoms with E-state index in [1.807, 2.05) is 18.2 Å². The maximum absolute atomic E-state index is 13.9. The highest BCUT2D eigenvalue weighted by Crippen LogP contribution is 2.33. The number of benzene rings is 3. The molecule has 0 aliphatic rings. The van der Waals surface area contributed by atoms with Gasteiger partial charge in [0.15, 0.2) is 11.6 Å². The van der Waals surface area contributed by atoms with Crippen molar-refractivity contribution in [1.82, 2.24) is 0 Å². The van der Waals surface area contributed by atoms with Crippen LogP contribution >= 0.6 is 0 Å². The Kier molecular flexibility index (Phi) is 2.75. The van der Waals surface area contributed by atoms with Gasteiger partial charge in [0.1, 0.15) is 5.82 Å². The first-order valence-corrected chi connectivity index (χ1v) is 5.80. The summed E-state index contributed by atoms with van der Waals surface area (Å²) < 4.78 is 41.0. The van der Waals surface area contributed by atoms with Gasteiger partial charge in [0.25, 0.3) is 0 Å². The third kappa shape index (κ3) is 1.87. The Bertz CT molecular complexity index is 758. The summed E-state index contributed by atoms with van der Waals surface area (Å²) >= 11 is 0. The van der Waals surface area contributed by atoms with E-state index in [1.165, 1.54) is 0 Å². The van der Waals surface area contributed by atoms with Crippen molar-refractivity contribution >= 4 is 10.8 Å². The van der Waals surface area contributed by atoms with Crippen molar-refractivity contribution in [3.63, 3.8) is 0 Å². The second-order valence-electron chi connectivity index (χ2n) is 4.24. The van der Waals surface area contributed by atoms with Gasteiger partial charge in [-0.2, -0.15) is 0 Å². The Hall–Kier alpha value is -2.29. The summed E-state index contributed by atoms with van der Waals surface area (Å²) in [6.45, 7) is 0. The first-order valence-electron chi connectivity index (χ1n) is 5.80. The molecule has 0 atom stereocenters. The molecule has 0 fully saturated rings. The van der Waals surface area contributed by atoms with Crippen LogP contribution in [0, 0.1) is 17.5 Å². The van der Waals surface area contributed by atoms with E-state index in [2.05, 4.69) is 0 Å². The number of halogens is 3. The summed E-state index contributed by atoms with van der Waals surface area (Å²) in [7, 11) is 0. The van der Waals surface area contributed by atoms with Gasteiger partial charge in [0.2, 0.25) is 0 Å². The zero-order chi connectivity index (χ0) is 13.4. The Morgan fingerprint density at radius 3 is 2.16 bits per heavy atom. The summed E-state index contributed by atoms with van der Waals surface area (Å²) in [6.07, 6.45) is 0. The number of hydrogen-bond donors (Lipinski definition) is 0. The van der Waals surface area contributed by atoms with E-state index in [0.717, 1.165) is 17.5 Å². The van der Waals surface area contributed by atoms with Crippen molar-refractivity contribution in [1.29, 1.82) is 0 Å². The van der Waals surface area contributed by atoms with Crippen molar-refractivity contribution in [2.24, 2.45) is 0 Å². The quantitative estimate of drug-likeness (QED) is 0.543. The first-order chi connectivity index (χ1) is 9.18. The highest BCUT2D eigenvalue weighted by molar-refractivity contribution is 5.96. The van der Waals surface area contributed by atoms with Gasteiger partial charge in [-0.3, -0.25) is 0 Å². The van der Waals surface area contributed by atoms with E-state index in [-0.39, 0.29) is 5.56 Å². The predicted octanol–water partition coefficient (Wildman–Crippen LogP) is 4.92. The normalized spacial score (nSPS) is 10.9. The fourth-order valence-electron chi connectivity index (χ4n) is 2.22. The lowest BCUT2D eigenvalue weighted by Crippen LogP contribution is -1.94. The molecule has 3 aromatic carbocycles. The van der Waals surface area contributed by atoms with Gasteiger partial charge in [-0.25, -0.2) is 13.2 Å². The zero-order valence-electron chi connectivity index (χ0n) is 9.83. The van der Waals surface area contributed by atoms with E-state index in [4.69, 9.17) is 0 Å². The smallest absolute Gasteiger partial charge is 0.169 e. The lowest BCUT2D eigenvalue weighted by molar-refractivity contribution is 0.499. The Labute approximate surface area is 108 Å². The summed E-state index contributed by atoms with van der Waals surface area (Å²) in [4.78, 5) is 0. The molecule has 0 spiro atoms. The summed E-state index contributed by atoms with van der Waals surface area (Å²) in [5.41, 5.74) is 0.0319. The van der Waals surface area contributed by atoms with Gasteiger partial charge in [-0.15, -0.1) is 0 Å². The molecular formula is C16H9F3. The minimum Gasteiger partial charge on any atom is -0.206 e. The summed E-state index contributed by atoms with van der Waals surface area (Å²) in [6, 6.07) is 14.1. The number of rotatable bonds is 1. The van der Waals surface area contributed by atoms with Gasteiger partial charge in [-0.05, 0) is 28.5 Å². The Morgan fingerprint density at radius 1 is 0.632 bits per heavy atom. The average Bonchev–Trinajstić information content (AvgIpc) is 2.44. The van der Waals surface area contributed by atoms with Crippen LogP contribution in [0.15, 0.2) is 54.6 Å². The molecule has 3 aromatic rings. The molecule has 0 amide bonds. The zero-order valence-corrected chi connectivity index (χ0v) is 9.83.